The van der Waals surface area contributed by atoms with E-state index in [1.165, 1.54) is 25.9 Å². The van der Waals surface area contributed by atoms with E-state index in [9.17, 15) is 5.26 Å². The van der Waals surface area contributed by atoms with Crippen molar-refractivity contribution >= 4 is 0 Å². The molecule has 2 heterocycles. The summed E-state index contributed by atoms with van der Waals surface area (Å²) in [5, 5.41) is 9.58. The summed E-state index contributed by atoms with van der Waals surface area (Å²) >= 11 is 0. The highest BCUT2D eigenvalue weighted by Gasteiger charge is 2.34. The van der Waals surface area contributed by atoms with Gasteiger partial charge in [0.25, 0.3) is 0 Å². The summed E-state index contributed by atoms with van der Waals surface area (Å²) in [4.78, 5) is 2.45. The predicted octanol–water partition coefficient (Wildman–Crippen LogP) is 2.73. The van der Waals surface area contributed by atoms with E-state index in [0.29, 0.717) is 13.2 Å². The SMILES string of the molecule is N#CC1(c2ccc(OCCN3CCCC3)cc2)CCOCC1. The van der Waals surface area contributed by atoms with Crippen LogP contribution in [0, 0.1) is 11.3 Å². The molecule has 4 nitrogen and oxygen atoms in total. The van der Waals surface area contributed by atoms with Gasteiger partial charge in [-0.05, 0) is 56.5 Å². The minimum atomic E-state index is -0.383. The normalized spacial score (nSPS) is 21.4. The molecule has 4 heteroatoms. The van der Waals surface area contributed by atoms with Crippen molar-refractivity contribution in [1.82, 2.24) is 4.90 Å². The van der Waals surface area contributed by atoms with E-state index in [-0.39, 0.29) is 5.41 Å². The number of hydrogen-bond donors (Lipinski definition) is 0. The van der Waals surface area contributed by atoms with E-state index in [1.54, 1.807) is 0 Å². The van der Waals surface area contributed by atoms with Gasteiger partial charge in [0, 0.05) is 19.8 Å². The van der Waals surface area contributed by atoms with Gasteiger partial charge in [-0.15, -0.1) is 0 Å². The lowest BCUT2D eigenvalue weighted by Gasteiger charge is -2.31. The molecule has 0 bridgehead atoms. The zero-order valence-electron chi connectivity index (χ0n) is 13.1. The molecule has 0 amide bonds. The minimum absolute atomic E-state index is 0.383. The van der Waals surface area contributed by atoms with Gasteiger partial charge in [-0.3, -0.25) is 4.90 Å². The van der Waals surface area contributed by atoms with Crippen molar-refractivity contribution in [2.75, 3.05) is 39.5 Å². The third-order valence-electron chi connectivity index (χ3n) is 4.84. The van der Waals surface area contributed by atoms with Crippen LogP contribution < -0.4 is 4.74 Å². The van der Waals surface area contributed by atoms with Crippen LogP contribution in [0.2, 0.25) is 0 Å². The highest BCUT2D eigenvalue weighted by molar-refractivity contribution is 5.37. The molecule has 22 heavy (non-hydrogen) atoms. The maximum Gasteiger partial charge on any atom is 0.119 e. The van der Waals surface area contributed by atoms with Crippen molar-refractivity contribution < 1.29 is 9.47 Å². The van der Waals surface area contributed by atoms with Crippen molar-refractivity contribution in [3.05, 3.63) is 29.8 Å². The van der Waals surface area contributed by atoms with Gasteiger partial charge < -0.3 is 9.47 Å². The van der Waals surface area contributed by atoms with Gasteiger partial charge in [-0.25, -0.2) is 0 Å². The topological polar surface area (TPSA) is 45.5 Å². The largest absolute Gasteiger partial charge is 0.492 e. The maximum atomic E-state index is 9.58. The molecule has 0 atom stereocenters. The molecule has 118 valence electrons. The molecule has 1 aromatic carbocycles. The molecule has 2 aliphatic rings. The standard InChI is InChI=1S/C18H24N2O2/c19-15-18(7-12-21-13-8-18)16-3-5-17(6-4-16)22-14-11-20-9-1-2-10-20/h3-6H,1-2,7-14H2. The summed E-state index contributed by atoms with van der Waals surface area (Å²) in [7, 11) is 0. The second kappa shape index (κ2) is 7.13. The van der Waals surface area contributed by atoms with E-state index >= 15 is 0 Å². The summed E-state index contributed by atoms with van der Waals surface area (Å²) in [6.07, 6.45) is 4.18. The predicted molar refractivity (Wildman–Crippen MR) is 85.0 cm³/mol. The Morgan fingerprint density at radius 1 is 1.14 bits per heavy atom. The summed E-state index contributed by atoms with van der Waals surface area (Å²) in [5.74, 6) is 0.892. The highest BCUT2D eigenvalue weighted by atomic mass is 16.5. The Morgan fingerprint density at radius 3 is 2.45 bits per heavy atom. The van der Waals surface area contributed by atoms with Crippen LogP contribution in [0.3, 0.4) is 0 Å². The molecule has 0 spiro atoms. The van der Waals surface area contributed by atoms with Crippen molar-refractivity contribution in [2.45, 2.75) is 31.1 Å². The zero-order chi connectivity index (χ0) is 15.3. The van der Waals surface area contributed by atoms with Gasteiger partial charge in [0.1, 0.15) is 12.4 Å². The highest BCUT2D eigenvalue weighted by Crippen LogP contribution is 2.34. The lowest BCUT2D eigenvalue weighted by molar-refractivity contribution is 0.0675. The van der Waals surface area contributed by atoms with Crippen LogP contribution in [0.25, 0.3) is 0 Å². The third-order valence-corrected chi connectivity index (χ3v) is 4.84. The second-order valence-corrected chi connectivity index (χ2v) is 6.23. The molecule has 0 saturated carbocycles. The average molecular weight is 300 g/mol. The first kappa shape index (κ1) is 15.3. The first-order valence-electron chi connectivity index (χ1n) is 8.27. The van der Waals surface area contributed by atoms with Crippen LogP contribution in [0.1, 0.15) is 31.2 Å². The van der Waals surface area contributed by atoms with Crippen molar-refractivity contribution in [3.63, 3.8) is 0 Å². The molecule has 2 fully saturated rings. The number of benzene rings is 1. The molecule has 1 aromatic rings. The van der Waals surface area contributed by atoms with Crippen LogP contribution in [0.15, 0.2) is 24.3 Å². The molecule has 2 aliphatic heterocycles. The van der Waals surface area contributed by atoms with Gasteiger partial charge in [0.15, 0.2) is 0 Å². The smallest absolute Gasteiger partial charge is 0.119 e. The molecular weight excluding hydrogens is 276 g/mol. The van der Waals surface area contributed by atoms with Crippen LogP contribution in [-0.2, 0) is 10.2 Å². The molecule has 2 saturated heterocycles. The number of rotatable bonds is 5. The maximum absolute atomic E-state index is 9.58. The van der Waals surface area contributed by atoms with Crippen molar-refractivity contribution in [2.24, 2.45) is 0 Å². The Balaban J connectivity index is 1.56. The molecular formula is C18H24N2O2. The number of hydrogen-bond acceptors (Lipinski definition) is 4. The number of nitrogens with zero attached hydrogens (tertiary/aromatic N) is 2. The van der Waals surface area contributed by atoms with Crippen molar-refractivity contribution in [1.29, 1.82) is 5.26 Å². The minimum Gasteiger partial charge on any atom is -0.492 e. The zero-order valence-corrected chi connectivity index (χ0v) is 13.1. The van der Waals surface area contributed by atoms with Crippen LogP contribution in [0.4, 0.5) is 0 Å². The first-order chi connectivity index (χ1) is 10.8. The molecule has 0 unspecified atom stereocenters. The van der Waals surface area contributed by atoms with E-state index in [1.807, 2.05) is 24.3 Å². The fourth-order valence-corrected chi connectivity index (χ4v) is 3.35. The van der Waals surface area contributed by atoms with Crippen LogP contribution in [-0.4, -0.2) is 44.4 Å². The monoisotopic (exact) mass is 300 g/mol. The van der Waals surface area contributed by atoms with Crippen LogP contribution in [0.5, 0.6) is 5.75 Å². The fraction of sp³-hybridized carbons (Fsp3) is 0.611. The summed E-state index contributed by atoms with van der Waals surface area (Å²) in [6.45, 7) is 5.48. The van der Waals surface area contributed by atoms with Gasteiger partial charge in [-0.2, -0.15) is 5.26 Å². The lowest BCUT2D eigenvalue weighted by atomic mass is 9.75. The quantitative estimate of drug-likeness (QED) is 0.839. The van der Waals surface area contributed by atoms with E-state index in [2.05, 4.69) is 11.0 Å². The first-order valence-corrected chi connectivity index (χ1v) is 8.27. The molecule has 0 radical (unpaired) electrons. The second-order valence-electron chi connectivity index (χ2n) is 6.23. The van der Waals surface area contributed by atoms with E-state index < -0.39 is 0 Å². The Hall–Kier alpha value is -1.57. The van der Waals surface area contributed by atoms with Gasteiger partial charge >= 0.3 is 0 Å². The molecule has 3 rings (SSSR count). The van der Waals surface area contributed by atoms with Crippen LogP contribution >= 0.6 is 0 Å². The van der Waals surface area contributed by atoms with Gasteiger partial charge in [0.05, 0.1) is 11.5 Å². The molecule has 0 N–H and O–H groups in total. The number of nitriles is 1. The fourth-order valence-electron chi connectivity index (χ4n) is 3.35. The molecule has 0 aromatic heterocycles. The number of ether oxygens (including phenoxy) is 2. The Labute approximate surface area is 132 Å². The van der Waals surface area contributed by atoms with E-state index in [0.717, 1.165) is 37.3 Å². The lowest BCUT2D eigenvalue weighted by Crippen LogP contribution is -2.32. The van der Waals surface area contributed by atoms with Gasteiger partial charge in [0.2, 0.25) is 0 Å². The summed E-state index contributed by atoms with van der Waals surface area (Å²) < 4.78 is 11.2. The van der Waals surface area contributed by atoms with Crippen molar-refractivity contribution in [3.8, 4) is 11.8 Å². The van der Waals surface area contributed by atoms with E-state index in [4.69, 9.17) is 9.47 Å². The summed E-state index contributed by atoms with van der Waals surface area (Å²) in [6, 6.07) is 10.6. The Morgan fingerprint density at radius 2 is 1.82 bits per heavy atom. The van der Waals surface area contributed by atoms with Gasteiger partial charge in [-0.1, -0.05) is 12.1 Å². The average Bonchev–Trinajstić information content (AvgIpc) is 3.09. The third kappa shape index (κ3) is 3.43. The Bertz CT molecular complexity index is 509. The molecule has 0 aliphatic carbocycles. The Kier molecular flexibility index (Phi) is 4.97. The number of likely N-dealkylation sites (tertiary alicyclic amines) is 1. The summed E-state index contributed by atoms with van der Waals surface area (Å²) in [5.41, 5.74) is 0.706.